The van der Waals surface area contributed by atoms with E-state index in [2.05, 4.69) is 102 Å². The van der Waals surface area contributed by atoms with Crippen LogP contribution in [0.1, 0.15) is 0 Å². The summed E-state index contributed by atoms with van der Waals surface area (Å²) in [5, 5.41) is 8.54. The number of benzene rings is 5. The van der Waals surface area contributed by atoms with E-state index in [4.69, 9.17) is 4.42 Å². The fraction of sp³-hybridized carbons (Fsp3) is 0. The Balaban J connectivity index is 1.38. The Morgan fingerprint density at radius 2 is 1.27 bits per heavy atom. The van der Waals surface area contributed by atoms with Gasteiger partial charge in [0.25, 0.3) is 0 Å². The number of furan rings is 1. The summed E-state index contributed by atoms with van der Waals surface area (Å²) in [6.07, 6.45) is 0. The van der Waals surface area contributed by atoms with E-state index >= 15 is 0 Å². The molecule has 0 aliphatic heterocycles. The number of thiophene rings is 1. The molecule has 0 saturated carbocycles. The third-order valence-electron chi connectivity index (χ3n) is 6.26. The number of rotatable bonds is 3. The lowest BCUT2D eigenvalue weighted by Crippen LogP contribution is -1.89. The summed E-state index contributed by atoms with van der Waals surface area (Å²) < 4.78 is 8.59. The smallest absolute Gasteiger partial charge is 0.135 e. The largest absolute Gasteiger partial charge is 0.456 e. The second-order valence-corrected chi connectivity index (χ2v) is 9.29. The highest BCUT2D eigenvalue weighted by atomic mass is 32.1. The molecule has 0 aliphatic carbocycles. The van der Waals surface area contributed by atoms with Gasteiger partial charge in [0.05, 0.1) is 10.4 Å². The summed E-state index contributed by atoms with van der Waals surface area (Å²) in [4.78, 5) is 0. The molecule has 0 amide bonds. The van der Waals surface area contributed by atoms with E-state index < -0.39 is 0 Å². The van der Waals surface area contributed by atoms with Crippen molar-refractivity contribution >= 4 is 64.8 Å². The van der Waals surface area contributed by atoms with Crippen LogP contribution in [0.4, 0.5) is 11.4 Å². The van der Waals surface area contributed by atoms with Gasteiger partial charge >= 0.3 is 0 Å². The van der Waals surface area contributed by atoms with Crippen molar-refractivity contribution in [1.82, 2.24) is 0 Å². The van der Waals surface area contributed by atoms with E-state index in [1.165, 1.54) is 31.3 Å². The molecule has 0 atom stereocenters. The standard InChI is InChI=1S/C30H19NOS/c1-2-8-19(9-3-1)21-11-6-12-23-24-13-7-14-26(30(24)33-29(21)23)31-20-16-17-28-25(18-20)22-10-4-5-15-27(22)32-28/h1-18,31H. The lowest BCUT2D eigenvalue weighted by molar-refractivity contribution is 0.669. The van der Waals surface area contributed by atoms with Crippen molar-refractivity contribution in [2.45, 2.75) is 0 Å². The average molecular weight is 442 g/mol. The van der Waals surface area contributed by atoms with Crippen LogP contribution in [0.25, 0.3) is 53.2 Å². The van der Waals surface area contributed by atoms with Gasteiger partial charge in [-0.2, -0.15) is 0 Å². The van der Waals surface area contributed by atoms with Gasteiger partial charge in [0.2, 0.25) is 0 Å². The molecule has 3 heteroatoms. The Morgan fingerprint density at radius 3 is 2.18 bits per heavy atom. The number of para-hydroxylation sites is 1. The lowest BCUT2D eigenvalue weighted by atomic mass is 10.0. The summed E-state index contributed by atoms with van der Waals surface area (Å²) in [7, 11) is 0. The van der Waals surface area contributed by atoms with Crippen LogP contribution in [0.5, 0.6) is 0 Å². The summed E-state index contributed by atoms with van der Waals surface area (Å²) in [5.74, 6) is 0. The first-order valence-corrected chi connectivity index (χ1v) is 11.8. The van der Waals surface area contributed by atoms with Crippen molar-refractivity contribution < 1.29 is 4.42 Å². The highest BCUT2D eigenvalue weighted by Crippen LogP contribution is 2.43. The SMILES string of the molecule is c1ccc(-c2cccc3c2sc2c(Nc4ccc5oc6ccccc6c5c4)cccc23)cc1. The molecule has 7 aromatic rings. The van der Waals surface area contributed by atoms with Crippen LogP contribution in [-0.2, 0) is 0 Å². The Morgan fingerprint density at radius 1 is 0.545 bits per heavy atom. The van der Waals surface area contributed by atoms with Crippen molar-refractivity contribution in [2.75, 3.05) is 5.32 Å². The van der Waals surface area contributed by atoms with Gasteiger partial charge in [-0.1, -0.05) is 78.9 Å². The topological polar surface area (TPSA) is 25.2 Å². The zero-order chi connectivity index (χ0) is 21.8. The van der Waals surface area contributed by atoms with Gasteiger partial charge < -0.3 is 9.73 Å². The van der Waals surface area contributed by atoms with E-state index in [1.54, 1.807) is 0 Å². The molecule has 0 unspecified atom stereocenters. The molecule has 156 valence electrons. The molecule has 0 radical (unpaired) electrons. The third-order valence-corrected chi connectivity index (χ3v) is 7.55. The van der Waals surface area contributed by atoms with Crippen molar-refractivity contribution in [3.63, 3.8) is 0 Å². The first-order valence-electron chi connectivity index (χ1n) is 11.0. The first-order chi connectivity index (χ1) is 16.3. The second-order valence-electron chi connectivity index (χ2n) is 8.27. The quantitative estimate of drug-likeness (QED) is 0.295. The highest BCUT2D eigenvalue weighted by Gasteiger charge is 2.13. The van der Waals surface area contributed by atoms with Gasteiger partial charge in [0, 0.05) is 31.9 Å². The van der Waals surface area contributed by atoms with Crippen LogP contribution in [0.3, 0.4) is 0 Å². The maximum absolute atomic E-state index is 6.00. The highest BCUT2D eigenvalue weighted by molar-refractivity contribution is 7.27. The second kappa shape index (κ2) is 7.22. The molecule has 0 aliphatic rings. The van der Waals surface area contributed by atoms with Crippen molar-refractivity contribution in [2.24, 2.45) is 0 Å². The molecule has 33 heavy (non-hydrogen) atoms. The fourth-order valence-corrected chi connectivity index (χ4v) is 6.03. The fourth-order valence-electron chi connectivity index (χ4n) is 4.72. The summed E-state index contributed by atoms with van der Waals surface area (Å²) in [6, 6.07) is 38.3. The maximum atomic E-state index is 6.00. The predicted octanol–water partition coefficient (Wildman–Crippen LogP) is 9.36. The third kappa shape index (κ3) is 2.94. The zero-order valence-electron chi connectivity index (χ0n) is 17.7. The van der Waals surface area contributed by atoms with E-state index in [0.29, 0.717) is 0 Å². The Kier molecular flexibility index (Phi) is 4.05. The molecular weight excluding hydrogens is 422 g/mol. The van der Waals surface area contributed by atoms with E-state index in [9.17, 15) is 0 Å². The van der Waals surface area contributed by atoms with Crippen LogP contribution in [0.2, 0.25) is 0 Å². The van der Waals surface area contributed by atoms with Gasteiger partial charge in [0.15, 0.2) is 0 Å². The number of anilines is 2. The van der Waals surface area contributed by atoms with Crippen LogP contribution >= 0.6 is 11.3 Å². The van der Waals surface area contributed by atoms with Crippen LogP contribution in [0, 0.1) is 0 Å². The number of hydrogen-bond donors (Lipinski definition) is 1. The maximum Gasteiger partial charge on any atom is 0.135 e. The Bertz CT molecular complexity index is 1790. The first kappa shape index (κ1) is 18.5. The molecule has 5 aromatic carbocycles. The van der Waals surface area contributed by atoms with Crippen molar-refractivity contribution in [3.8, 4) is 11.1 Å². The zero-order valence-corrected chi connectivity index (χ0v) is 18.5. The average Bonchev–Trinajstić information content (AvgIpc) is 3.43. The molecule has 1 N–H and O–H groups in total. The Labute approximate surface area is 194 Å². The minimum Gasteiger partial charge on any atom is -0.456 e. The van der Waals surface area contributed by atoms with E-state index in [1.807, 2.05) is 23.5 Å². The van der Waals surface area contributed by atoms with Gasteiger partial charge in [-0.3, -0.25) is 0 Å². The monoisotopic (exact) mass is 441 g/mol. The molecular formula is C30H19NOS. The van der Waals surface area contributed by atoms with Gasteiger partial charge in [-0.05, 0) is 41.5 Å². The molecule has 2 heterocycles. The van der Waals surface area contributed by atoms with Crippen LogP contribution < -0.4 is 5.32 Å². The van der Waals surface area contributed by atoms with Crippen molar-refractivity contribution in [1.29, 1.82) is 0 Å². The van der Waals surface area contributed by atoms with Gasteiger partial charge in [-0.25, -0.2) is 0 Å². The molecule has 0 saturated heterocycles. The molecule has 2 nitrogen and oxygen atoms in total. The predicted molar refractivity (Wildman–Crippen MR) is 142 cm³/mol. The molecule has 0 spiro atoms. The van der Waals surface area contributed by atoms with Gasteiger partial charge in [0.1, 0.15) is 11.2 Å². The molecule has 0 fully saturated rings. The summed E-state index contributed by atoms with van der Waals surface area (Å²) in [6.45, 7) is 0. The van der Waals surface area contributed by atoms with Crippen LogP contribution in [0.15, 0.2) is 114 Å². The van der Waals surface area contributed by atoms with Crippen molar-refractivity contribution in [3.05, 3.63) is 109 Å². The van der Waals surface area contributed by atoms with Crippen LogP contribution in [-0.4, -0.2) is 0 Å². The Hall–Kier alpha value is -4.08. The van der Waals surface area contributed by atoms with E-state index in [0.717, 1.165) is 33.3 Å². The molecule has 0 bridgehead atoms. The number of nitrogens with one attached hydrogen (secondary N) is 1. The molecule has 7 rings (SSSR count). The number of hydrogen-bond acceptors (Lipinski definition) is 3. The minimum absolute atomic E-state index is 0.911. The van der Waals surface area contributed by atoms with Gasteiger partial charge in [-0.15, -0.1) is 11.3 Å². The number of fused-ring (bicyclic) bond motifs is 6. The van der Waals surface area contributed by atoms with E-state index in [-0.39, 0.29) is 0 Å². The normalized spacial score (nSPS) is 11.6. The molecule has 2 aromatic heterocycles. The minimum atomic E-state index is 0.911. The summed E-state index contributed by atoms with van der Waals surface area (Å²) in [5.41, 5.74) is 6.55. The summed E-state index contributed by atoms with van der Waals surface area (Å²) >= 11 is 1.86. The lowest BCUT2D eigenvalue weighted by Gasteiger charge is -2.08.